The maximum absolute atomic E-state index is 10.9. The number of fused-ring (bicyclic) bond motifs is 3. The van der Waals surface area contributed by atoms with Gasteiger partial charge in [-0.25, -0.2) is 0 Å². The van der Waals surface area contributed by atoms with Crippen LogP contribution in [0.2, 0.25) is 0 Å². The summed E-state index contributed by atoms with van der Waals surface area (Å²) in [7, 11) is 0. The molecule has 2 N–H and O–H groups in total. The van der Waals surface area contributed by atoms with E-state index >= 15 is 0 Å². The fourth-order valence-electron chi connectivity index (χ4n) is 9.57. The third kappa shape index (κ3) is 8.65. The van der Waals surface area contributed by atoms with E-state index in [2.05, 4.69) is 99.9 Å². The molecular formula is C41H61BrO4. The second kappa shape index (κ2) is 16.8. The summed E-state index contributed by atoms with van der Waals surface area (Å²) >= 11 is 3.89. The predicted octanol–water partition coefficient (Wildman–Crippen LogP) is 12.6. The van der Waals surface area contributed by atoms with Crippen molar-refractivity contribution in [2.75, 3.05) is 0 Å². The molecule has 0 spiro atoms. The third-order valence-corrected chi connectivity index (χ3v) is 11.5. The zero-order valence-corrected chi connectivity index (χ0v) is 31.2. The molecule has 2 aromatic carbocycles. The molecule has 0 fully saturated rings. The highest BCUT2D eigenvalue weighted by Gasteiger charge is 2.65. The van der Waals surface area contributed by atoms with Crippen LogP contribution in [0.5, 0.6) is 0 Å². The van der Waals surface area contributed by atoms with Crippen molar-refractivity contribution in [3.05, 3.63) is 58.1 Å². The minimum atomic E-state index is -0.690. The SMILES string of the molecule is CC(C)(C)C(CCCCCCCCC(=O)O)(C(C)(C)C)C1(CCCCCCCCCC(=O)O)c2ccccc2-c2ccc(Br)cc21. The molecule has 46 heavy (non-hydrogen) atoms. The summed E-state index contributed by atoms with van der Waals surface area (Å²) in [4.78, 5) is 21.8. The molecule has 5 heteroatoms. The maximum atomic E-state index is 10.9. The van der Waals surface area contributed by atoms with E-state index in [0.717, 1.165) is 75.1 Å². The number of carboxylic acids is 2. The summed E-state index contributed by atoms with van der Waals surface area (Å²) in [6.45, 7) is 14.9. The van der Waals surface area contributed by atoms with Crippen LogP contribution in [0.1, 0.15) is 162 Å². The number of hydrogen-bond acceptors (Lipinski definition) is 2. The zero-order valence-electron chi connectivity index (χ0n) is 29.7. The molecule has 1 aliphatic carbocycles. The van der Waals surface area contributed by atoms with Gasteiger partial charge in [0.05, 0.1) is 0 Å². The van der Waals surface area contributed by atoms with Gasteiger partial charge in [-0.15, -0.1) is 0 Å². The summed E-state index contributed by atoms with van der Waals surface area (Å²) in [5.41, 5.74) is 5.57. The average molecular weight is 698 g/mol. The van der Waals surface area contributed by atoms with Gasteiger partial charge in [-0.3, -0.25) is 9.59 Å². The second-order valence-corrected chi connectivity index (χ2v) is 16.8. The summed E-state index contributed by atoms with van der Waals surface area (Å²) in [5, 5.41) is 18.0. The highest BCUT2D eigenvalue weighted by atomic mass is 79.9. The Morgan fingerprint density at radius 1 is 0.609 bits per heavy atom. The highest BCUT2D eigenvalue weighted by Crippen LogP contribution is 2.72. The molecule has 2 aromatic rings. The first-order chi connectivity index (χ1) is 21.7. The lowest BCUT2D eigenvalue weighted by Gasteiger charge is -2.64. The third-order valence-electron chi connectivity index (χ3n) is 11.0. The van der Waals surface area contributed by atoms with Gasteiger partial charge in [0.1, 0.15) is 0 Å². The Balaban J connectivity index is 1.98. The first kappa shape index (κ1) is 38.3. The number of aliphatic carboxylic acids is 2. The fraction of sp³-hybridized carbons (Fsp3) is 0.659. The summed E-state index contributed by atoms with van der Waals surface area (Å²) in [6.07, 6.45) is 16.8. The Kier molecular flexibility index (Phi) is 14.0. The van der Waals surface area contributed by atoms with Gasteiger partial charge in [-0.1, -0.05) is 158 Å². The van der Waals surface area contributed by atoms with Crippen molar-refractivity contribution >= 4 is 27.9 Å². The van der Waals surface area contributed by atoms with Gasteiger partial charge < -0.3 is 10.2 Å². The summed E-state index contributed by atoms with van der Waals surface area (Å²) < 4.78 is 1.14. The van der Waals surface area contributed by atoms with Crippen LogP contribution in [-0.2, 0) is 15.0 Å². The van der Waals surface area contributed by atoms with E-state index in [1.807, 2.05) is 0 Å². The highest BCUT2D eigenvalue weighted by molar-refractivity contribution is 9.10. The van der Waals surface area contributed by atoms with Crippen molar-refractivity contribution in [2.24, 2.45) is 16.2 Å². The molecule has 0 aliphatic heterocycles. The monoisotopic (exact) mass is 696 g/mol. The van der Waals surface area contributed by atoms with Crippen molar-refractivity contribution in [1.29, 1.82) is 0 Å². The van der Waals surface area contributed by atoms with E-state index in [-0.39, 0.29) is 34.5 Å². The maximum Gasteiger partial charge on any atom is 0.303 e. The van der Waals surface area contributed by atoms with Gasteiger partial charge in [0.2, 0.25) is 0 Å². The first-order valence-electron chi connectivity index (χ1n) is 18.0. The minimum Gasteiger partial charge on any atom is -0.481 e. The van der Waals surface area contributed by atoms with Gasteiger partial charge in [0, 0.05) is 22.7 Å². The molecular weight excluding hydrogens is 636 g/mol. The largest absolute Gasteiger partial charge is 0.481 e. The van der Waals surface area contributed by atoms with Gasteiger partial charge in [-0.05, 0) is 76.3 Å². The lowest BCUT2D eigenvalue weighted by atomic mass is 9.39. The molecule has 3 rings (SSSR count). The molecule has 0 radical (unpaired) electrons. The number of carbonyl (C=O) groups is 2. The number of rotatable bonds is 20. The van der Waals surface area contributed by atoms with Crippen molar-refractivity contribution in [3.63, 3.8) is 0 Å². The Labute approximate surface area is 288 Å². The number of unbranched alkanes of at least 4 members (excludes halogenated alkanes) is 11. The van der Waals surface area contributed by atoms with E-state index in [0.29, 0.717) is 0 Å². The van der Waals surface area contributed by atoms with Crippen LogP contribution in [0, 0.1) is 16.2 Å². The Hall–Kier alpha value is -2.14. The Bertz CT molecular complexity index is 1270. The molecule has 4 nitrogen and oxygen atoms in total. The van der Waals surface area contributed by atoms with Crippen LogP contribution in [0.15, 0.2) is 46.9 Å². The standard InChI is InChI=1S/C41H61BrO4/c1-38(2,3)41(39(4,5)6,29-21-15-11-9-13-17-25-37(45)46)40(28-20-14-10-7-8-12-16-24-36(43)44)34-23-19-18-22-32(34)33-27-26-31(42)30-35(33)40/h18-19,22-23,26-27,30H,7-17,20-21,24-25,28-29H2,1-6H3,(H,43,44)(H,45,46). The number of halogens is 1. The summed E-state index contributed by atoms with van der Waals surface area (Å²) in [6, 6.07) is 16.2. The van der Waals surface area contributed by atoms with Gasteiger partial charge >= 0.3 is 11.9 Å². The number of carboxylic acid groups (broad SMARTS) is 2. The van der Waals surface area contributed by atoms with E-state index in [4.69, 9.17) is 10.2 Å². The van der Waals surface area contributed by atoms with Crippen molar-refractivity contribution in [2.45, 2.75) is 156 Å². The fourth-order valence-corrected chi connectivity index (χ4v) is 9.94. The van der Waals surface area contributed by atoms with Crippen molar-refractivity contribution in [3.8, 4) is 11.1 Å². The summed E-state index contributed by atoms with van der Waals surface area (Å²) in [5.74, 6) is -1.38. The molecule has 256 valence electrons. The molecule has 0 saturated heterocycles. The van der Waals surface area contributed by atoms with Crippen LogP contribution < -0.4 is 0 Å². The van der Waals surface area contributed by atoms with Gasteiger partial charge in [-0.2, -0.15) is 0 Å². The molecule has 1 aliphatic rings. The number of benzene rings is 2. The second-order valence-electron chi connectivity index (χ2n) is 15.9. The quantitative estimate of drug-likeness (QED) is 0.135. The van der Waals surface area contributed by atoms with Crippen LogP contribution >= 0.6 is 15.9 Å². The smallest absolute Gasteiger partial charge is 0.303 e. The topological polar surface area (TPSA) is 74.6 Å². The van der Waals surface area contributed by atoms with Crippen molar-refractivity contribution in [1.82, 2.24) is 0 Å². The lowest BCUT2D eigenvalue weighted by Crippen LogP contribution is -2.60. The predicted molar refractivity (Wildman–Crippen MR) is 195 cm³/mol. The van der Waals surface area contributed by atoms with E-state index in [1.54, 1.807) is 0 Å². The lowest BCUT2D eigenvalue weighted by molar-refractivity contribution is -0.138. The number of hydrogen-bond donors (Lipinski definition) is 2. The molecule has 1 atom stereocenters. The molecule has 0 aromatic heterocycles. The van der Waals surface area contributed by atoms with Gasteiger partial charge in [0.25, 0.3) is 0 Å². The van der Waals surface area contributed by atoms with Crippen molar-refractivity contribution < 1.29 is 19.8 Å². The Morgan fingerprint density at radius 3 is 1.59 bits per heavy atom. The van der Waals surface area contributed by atoms with Crippen LogP contribution in [0.4, 0.5) is 0 Å². The Morgan fingerprint density at radius 2 is 1.07 bits per heavy atom. The molecule has 1 unspecified atom stereocenters. The minimum absolute atomic E-state index is 0.00785. The van der Waals surface area contributed by atoms with E-state index in [9.17, 15) is 9.59 Å². The molecule has 0 bridgehead atoms. The average Bonchev–Trinajstić information content (AvgIpc) is 3.23. The van der Waals surface area contributed by atoms with Crippen LogP contribution in [-0.4, -0.2) is 22.2 Å². The van der Waals surface area contributed by atoms with Crippen LogP contribution in [0.25, 0.3) is 11.1 Å². The van der Waals surface area contributed by atoms with Gasteiger partial charge in [0.15, 0.2) is 0 Å². The zero-order chi connectivity index (χ0) is 34.0. The molecule has 0 heterocycles. The normalized spacial score (nSPS) is 16.3. The van der Waals surface area contributed by atoms with Crippen LogP contribution in [0.3, 0.4) is 0 Å². The first-order valence-corrected chi connectivity index (χ1v) is 18.8. The molecule has 0 saturated carbocycles. The molecule has 0 amide bonds. The van der Waals surface area contributed by atoms with E-state index < -0.39 is 11.9 Å². The van der Waals surface area contributed by atoms with E-state index in [1.165, 1.54) is 47.9 Å².